The highest BCUT2D eigenvalue weighted by Gasteiger charge is 2.79. The Morgan fingerprint density at radius 2 is 2.07 bits per heavy atom. The van der Waals surface area contributed by atoms with E-state index >= 15 is 0 Å². The molecule has 6 rings (SSSR count). The van der Waals surface area contributed by atoms with Crippen LogP contribution in [-0.2, 0) is 30.3 Å². The van der Waals surface area contributed by atoms with Crippen LogP contribution in [0.25, 0.3) is 11.2 Å². The lowest BCUT2D eigenvalue weighted by Gasteiger charge is -2.24. The van der Waals surface area contributed by atoms with Gasteiger partial charge in [-0.1, -0.05) is 29.7 Å². The van der Waals surface area contributed by atoms with E-state index in [4.69, 9.17) is 40.8 Å². The molecule has 0 unspecified atom stereocenters. The van der Waals surface area contributed by atoms with Crippen molar-refractivity contribution >= 4 is 40.5 Å². The Labute approximate surface area is 255 Å². The number of halogens is 1. The molecule has 2 saturated carbocycles. The SMILES string of the molecule is CNC(=O)[C@]12C[C@H]1[C@H](n1cnc3c(NCc4cccc(Cl)c4)nc(C#CCCCCC(=O)OC)nc31)[C@H]1OC(C)(C)O[C@H]12. The molecule has 3 aliphatic rings. The quantitative estimate of drug-likeness (QED) is 0.211. The Balaban J connectivity index is 1.33. The molecule has 3 fully saturated rings. The molecule has 11 nitrogen and oxygen atoms in total. The Hall–Kier alpha value is -3.72. The number of hydrogen-bond acceptors (Lipinski definition) is 9. The van der Waals surface area contributed by atoms with Crippen molar-refractivity contribution in [2.45, 2.75) is 76.5 Å². The second-order valence-electron chi connectivity index (χ2n) is 11.7. The Bertz CT molecular complexity index is 1630. The van der Waals surface area contributed by atoms with Gasteiger partial charge in [-0.05, 0) is 56.7 Å². The van der Waals surface area contributed by atoms with Gasteiger partial charge in [0.2, 0.25) is 11.7 Å². The average Bonchev–Trinajstić information content (AvgIpc) is 3.30. The molecule has 0 bridgehead atoms. The number of aromatic nitrogens is 4. The molecule has 12 heteroatoms. The lowest BCUT2D eigenvalue weighted by Crippen LogP contribution is -2.40. The van der Waals surface area contributed by atoms with Crippen LogP contribution in [-0.4, -0.2) is 63.5 Å². The molecule has 5 atom stereocenters. The fourth-order valence-electron chi connectivity index (χ4n) is 6.57. The van der Waals surface area contributed by atoms with Crippen LogP contribution in [0.3, 0.4) is 0 Å². The van der Waals surface area contributed by atoms with E-state index in [1.165, 1.54) is 7.11 Å². The number of ether oxygens (including phenoxy) is 3. The number of anilines is 1. The molecule has 43 heavy (non-hydrogen) atoms. The van der Waals surface area contributed by atoms with Gasteiger partial charge in [0.05, 0.1) is 24.9 Å². The van der Waals surface area contributed by atoms with E-state index in [1.54, 1.807) is 13.4 Å². The summed E-state index contributed by atoms with van der Waals surface area (Å²) in [6.07, 6.45) is 4.13. The van der Waals surface area contributed by atoms with Gasteiger partial charge in [-0.15, -0.1) is 0 Å². The number of hydrogen-bond donors (Lipinski definition) is 2. The summed E-state index contributed by atoms with van der Waals surface area (Å²) in [5.74, 6) is 6.08. The van der Waals surface area contributed by atoms with E-state index in [-0.39, 0.29) is 36.0 Å². The normalized spacial score (nSPS) is 26.3. The summed E-state index contributed by atoms with van der Waals surface area (Å²) in [5.41, 5.74) is 1.54. The van der Waals surface area contributed by atoms with Gasteiger partial charge >= 0.3 is 5.97 Å². The fraction of sp³-hybridized carbons (Fsp3) is 0.516. The molecule has 1 aliphatic heterocycles. The predicted octanol–water partition coefficient (Wildman–Crippen LogP) is 4.00. The van der Waals surface area contributed by atoms with Crippen LogP contribution < -0.4 is 10.6 Å². The van der Waals surface area contributed by atoms with Crippen molar-refractivity contribution in [1.82, 2.24) is 24.8 Å². The van der Waals surface area contributed by atoms with Gasteiger partial charge in [0.1, 0.15) is 12.2 Å². The van der Waals surface area contributed by atoms with E-state index in [2.05, 4.69) is 22.5 Å². The number of unbranched alkanes of at least 4 members (excludes halogenated alkanes) is 2. The van der Waals surface area contributed by atoms with E-state index in [9.17, 15) is 9.59 Å². The molecule has 3 heterocycles. The highest BCUT2D eigenvalue weighted by atomic mass is 35.5. The van der Waals surface area contributed by atoms with E-state index in [0.717, 1.165) is 12.0 Å². The second kappa shape index (κ2) is 11.4. The van der Waals surface area contributed by atoms with Crippen molar-refractivity contribution in [2.24, 2.45) is 11.3 Å². The van der Waals surface area contributed by atoms with Crippen LogP contribution in [0.1, 0.15) is 63.4 Å². The molecular formula is C31H35ClN6O5. The number of methoxy groups -OCH3 is 1. The number of esters is 1. The van der Waals surface area contributed by atoms with Crippen LogP contribution in [0.2, 0.25) is 5.02 Å². The molecule has 1 saturated heterocycles. The number of nitrogens with one attached hydrogen (secondary N) is 2. The van der Waals surface area contributed by atoms with Gasteiger partial charge in [0, 0.05) is 37.4 Å². The maximum Gasteiger partial charge on any atom is 0.305 e. The minimum absolute atomic E-state index is 0.0122. The van der Waals surface area contributed by atoms with Crippen molar-refractivity contribution in [3.05, 3.63) is 47.0 Å². The maximum atomic E-state index is 13.1. The third kappa shape index (κ3) is 5.44. The van der Waals surface area contributed by atoms with Gasteiger partial charge in [-0.3, -0.25) is 9.59 Å². The zero-order valence-electron chi connectivity index (χ0n) is 24.6. The smallest absolute Gasteiger partial charge is 0.305 e. The molecule has 1 amide bonds. The predicted molar refractivity (Wildman–Crippen MR) is 159 cm³/mol. The third-order valence-electron chi connectivity index (χ3n) is 8.55. The third-order valence-corrected chi connectivity index (χ3v) is 8.78. The number of fused-ring (bicyclic) bond motifs is 4. The Kier molecular flexibility index (Phi) is 7.79. The van der Waals surface area contributed by atoms with Gasteiger partial charge in [-0.2, -0.15) is 0 Å². The zero-order chi connectivity index (χ0) is 30.4. The van der Waals surface area contributed by atoms with Crippen molar-refractivity contribution in [1.29, 1.82) is 0 Å². The number of carbonyl (C=O) groups excluding carboxylic acids is 2. The first-order chi connectivity index (χ1) is 20.7. The molecular weight excluding hydrogens is 572 g/mol. The first kappa shape index (κ1) is 29.4. The number of carbonyl (C=O) groups is 2. The molecule has 2 aliphatic carbocycles. The van der Waals surface area contributed by atoms with Gasteiger partial charge in [0.25, 0.3) is 0 Å². The molecule has 2 aromatic heterocycles. The molecule has 0 radical (unpaired) electrons. The summed E-state index contributed by atoms with van der Waals surface area (Å²) in [4.78, 5) is 38.8. The van der Waals surface area contributed by atoms with E-state index < -0.39 is 11.2 Å². The summed E-state index contributed by atoms with van der Waals surface area (Å²) in [7, 11) is 3.05. The topological polar surface area (TPSA) is 129 Å². The summed E-state index contributed by atoms with van der Waals surface area (Å²) in [6, 6.07) is 7.40. The highest BCUT2D eigenvalue weighted by Crippen LogP contribution is 2.71. The van der Waals surface area contributed by atoms with Gasteiger partial charge in [0.15, 0.2) is 22.8 Å². The number of amides is 1. The molecule has 226 valence electrons. The summed E-state index contributed by atoms with van der Waals surface area (Å²) >= 11 is 6.20. The molecule has 2 N–H and O–H groups in total. The average molecular weight is 607 g/mol. The fourth-order valence-corrected chi connectivity index (χ4v) is 6.78. The number of rotatable bonds is 9. The maximum absolute atomic E-state index is 13.1. The lowest BCUT2D eigenvalue weighted by atomic mass is 9.98. The molecule has 3 aromatic rings. The van der Waals surface area contributed by atoms with Crippen LogP contribution in [0.15, 0.2) is 30.6 Å². The second-order valence-corrected chi connectivity index (χ2v) is 12.2. The first-order valence-corrected chi connectivity index (χ1v) is 14.9. The zero-order valence-corrected chi connectivity index (χ0v) is 25.4. The van der Waals surface area contributed by atoms with E-state index in [0.29, 0.717) is 60.1 Å². The minimum atomic E-state index is -0.818. The molecule has 1 aromatic carbocycles. The summed E-state index contributed by atoms with van der Waals surface area (Å²) in [5, 5.41) is 6.89. The van der Waals surface area contributed by atoms with Crippen LogP contribution in [0.4, 0.5) is 5.82 Å². The summed E-state index contributed by atoms with van der Waals surface area (Å²) in [6.45, 7) is 4.23. The minimum Gasteiger partial charge on any atom is -0.469 e. The van der Waals surface area contributed by atoms with E-state index in [1.807, 2.05) is 42.7 Å². The van der Waals surface area contributed by atoms with Crippen LogP contribution in [0.5, 0.6) is 0 Å². The number of imidazole rings is 1. The Morgan fingerprint density at radius 1 is 1.23 bits per heavy atom. The van der Waals surface area contributed by atoms with Crippen molar-refractivity contribution < 1.29 is 23.8 Å². The first-order valence-electron chi connectivity index (χ1n) is 14.5. The standard InChI is InChI=1S/C31H35ClN6O5/c1-30(2)42-25-24(20-15-31(20,26(25)43-30)29(40)33-3)38-17-35-23-27(34-16-18-10-9-11-19(32)14-18)36-21(37-28(23)38)12-7-5-6-8-13-22(39)41-4/h9-11,14,17,20,24-26H,5-6,8,13,15-16H2,1-4H3,(H,33,40)(H,34,36,37)/t20-,24-,25+,26+,31+/m0/s1. The lowest BCUT2D eigenvalue weighted by molar-refractivity contribution is -0.164. The van der Waals surface area contributed by atoms with Gasteiger partial charge < -0.3 is 29.4 Å². The van der Waals surface area contributed by atoms with Crippen molar-refractivity contribution in [2.75, 3.05) is 19.5 Å². The Morgan fingerprint density at radius 3 is 2.84 bits per heavy atom. The highest BCUT2D eigenvalue weighted by molar-refractivity contribution is 6.30. The summed E-state index contributed by atoms with van der Waals surface area (Å²) < 4.78 is 19.4. The van der Waals surface area contributed by atoms with Crippen LogP contribution in [0, 0.1) is 23.2 Å². The molecule has 0 spiro atoms. The number of benzene rings is 1. The van der Waals surface area contributed by atoms with Gasteiger partial charge in [-0.25, -0.2) is 15.0 Å². The largest absolute Gasteiger partial charge is 0.469 e. The number of nitrogens with zero attached hydrogens (tertiary/aromatic N) is 4. The monoisotopic (exact) mass is 606 g/mol. The van der Waals surface area contributed by atoms with Crippen molar-refractivity contribution in [3.8, 4) is 11.8 Å². The van der Waals surface area contributed by atoms with Crippen molar-refractivity contribution in [3.63, 3.8) is 0 Å². The van der Waals surface area contributed by atoms with Crippen LogP contribution >= 0.6 is 11.6 Å².